The fourth-order valence-corrected chi connectivity index (χ4v) is 3.49. The molecule has 0 saturated heterocycles. The van der Waals surface area contributed by atoms with Gasteiger partial charge in [0.2, 0.25) is 5.13 Å². The van der Waals surface area contributed by atoms with E-state index in [-0.39, 0.29) is 15.7 Å². The number of rotatable bonds is 4. The average Bonchev–Trinajstić information content (AvgIpc) is 3.23. The number of carbonyl (C=O) groups is 1. The molecule has 0 bridgehead atoms. The average molecular weight is 448 g/mol. The van der Waals surface area contributed by atoms with Crippen LogP contribution in [-0.4, -0.2) is 30.9 Å². The highest BCUT2D eigenvalue weighted by atomic mass is 32.1. The maximum Gasteiger partial charge on any atom is 0.434 e. The van der Waals surface area contributed by atoms with E-state index in [1.165, 1.54) is 0 Å². The molecule has 0 aliphatic heterocycles. The first kappa shape index (κ1) is 20.3. The molecule has 1 N–H and O–H groups in total. The standard InChI is InChI=1S/C16H10F6N6OS/c17-15(18,19)8-3-4-10(23-5-8)28-11(16(20,21)22)9(6-24-28)12(29)25-14-27-26-13(30-14)7-1-2-7/h3-7H,1-2H2,(H,25,27,29). The molecule has 0 spiro atoms. The quantitative estimate of drug-likeness (QED) is 0.602. The van der Waals surface area contributed by atoms with E-state index in [0.717, 1.165) is 30.2 Å². The number of halogens is 6. The monoisotopic (exact) mass is 448 g/mol. The molecule has 4 rings (SSSR count). The van der Waals surface area contributed by atoms with E-state index in [2.05, 4.69) is 25.6 Å². The molecule has 7 nitrogen and oxygen atoms in total. The zero-order chi connectivity index (χ0) is 21.7. The summed E-state index contributed by atoms with van der Waals surface area (Å²) in [6, 6.07) is 1.31. The lowest BCUT2D eigenvalue weighted by Gasteiger charge is -2.12. The summed E-state index contributed by atoms with van der Waals surface area (Å²) in [5, 5.41) is 14.1. The van der Waals surface area contributed by atoms with Crippen LogP contribution in [0.1, 0.15) is 45.4 Å². The molecule has 3 heterocycles. The van der Waals surface area contributed by atoms with E-state index in [4.69, 9.17) is 0 Å². The van der Waals surface area contributed by atoms with Gasteiger partial charge in [0.25, 0.3) is 5.91 Å². The predicted octanol–water partition coefficient (Wildman–Crippen LogP) is 4.29. The molecule has 3 aromatic heterocycles. The number of nitrogens with zero attached hydrogens (tertiary/aromatic N) is 5. The highest BCUT2D eigenvalue weighted by molar-refractivity contribution is 7.15. The van der Waals surface area contributed by atoms with Crippen LogP contribution in [0.3, 0.4) is 0 Å². The van der Waals surface area contributed by atoms with Crippen molar-refractivity contribution in [3.8, 4) is 5.82 Å². The first-order valence-electron chi connectivity index (χ1n) is 8.37. The lowest BCUT2D eigenvalue weighted by Crippen LogP contribution is -2.21. The van der Waals surface area contributed by atoms with Crippen LogP contribution in [0.5, 0.6) is 0 Å². The third kappa shape index (κ3) is 3.99. The van der Waals surface area contributed by atoms with Crippen LogP contribution in [0.25, 0.3) is 5.82 Å². The summed E-state index contributed by atoms with van der Waals surface area (Å²) in [5.74, 6) is -1.40. The number of hydrogen-bond acceptors (Lipinski definition) is 6. The number of alkyl halides is 6. The van der Waals surface area contributed by atoms with Crippen molar-refractivity contribution in [2.24, 2.45) is 0 Å². The molecule has 0 radical (unpaired) electrons. The summed E-state index contributed by atoms with van der Waals surface area (Å²) in [4.78, 5) is 15.8. The van der Waals surface area contributed by atoms with Gasteiger partial charge in [-0.1, -0.05) is 11.3 Å². The Balaban J connectivity index is 1.65. The van der Waals surface area contributed by atoms with Gasteiger partial charge in [0, 0.05) is 12.1 Å². The molecular formula is C16H10F6N6OS. The number of amides is 1. The van der Waals surface area contributed by atoms with Crippen LogP contribution in [0.2, 0.25) is 0 Å². The molecule has 158 valence electrons. The molecule has 1 amide bonds. The van der Waals surface area contributed by atoms with Gasteiger partial charge in [-0.2, -0.15) is 31.4 Å². The number of carbonyl (C=O) groups excluding carboxylic acids is 1. The van der Waals surface area contributed by atoms with Gasteiger partial charge in [-0.3, -0.25) is 10.1 Å². The summed E-state index contributed by atoms with van der Waals surface area (Å²) < 4.78 is 79.2. The Hall–Kier alpha value is -3.03. The third-order valence-electron chi connectivity index (χ3n) is 4.16. The van der Waals surface area contributed by atoms with E-state index in [1.54, 1.807) is 0 Å². The topological polar surface area (TPSA) is 85.6 Å². The largest absolute Gasteiger partial charge is 0.434 e. The van der Waals surface area contributed by atoms with Gasteiger partial charge in [-0.25, -0.2) is 9.67 Å². The molecule has 30 heavy (non-hydrogen) atoms. The van der Waals surface area contributed by atoms with Crippen LogP contribution in [0.4, 0.5) is 31.5 Å². The van der Waals surface area contributed by atoms with Crippen molar-refractivity contribution in [3.63, 3.8) is 0 Å². The van der Waals surface area contributed by atoms with Gasteiger partial charge in [0.1, 0.15) is 5.01 Å². The van der Waals surface area contributed by atoms with Crippen molar-refractivity contribution >= 4 is 22.4 Å². The van der Waals surface area contributed by atoms with Crippen molar-refractivity contribution in [1.82, 2.24) is 25.0 Å². The third-order valence-corrected chi connectivity index (χ3v) is 5.16. The summed E-state index contributed by atoms with van der Waals surface area (Å²) in [7, 11) is 0. The molecule has 0 atom stereocenters. The molecule has 1 fully saturated rings. The molecule has 3 aromatic rings. The Labute approximate surface area is 167 Å². The minimum Gasteiger partial charge on any atom is -0.296 e. The Morgan fingerprint density at radius 2 is 1.80 bits per heavy atom. The van der Waals surface area contributed by atoms with Crippen molar-refractivity contribution in [2.45, 2.75) is 31.1 Å². The predicted molar refractivity (Wildman–Crippen MR) is 91.2 cm³/mol. The second-order valence-corrected chi connectivity index (χ2v) is 7.40. The van der Waals surface area contributed by atoms with Crippen LogP contribution < -0.4 is 5.32 Å². The number of anilines is 1. The van der Waals surface area contributed by atoms with Gasteiger partial charge in [-0.15, -0.1) is 10.2 Å². The van der Waals surface area contributed by atoms with E-state index >= 15 is 0 Å². The maximum atomic E-state index is 13.6. The fourth-order valence-electron chi connectivity index (χ4n) is 2.58. The normalized spacial score (nSPS) is 14.7. The molecule has 1 aliphatic carbocycles. The number of nitrogens with one attached hydrogen (secondary N) is 1. The minimum absolute atomic E-state index is 0.0374. The van der Waals surface area contributed by atoms with E-state index in [1.807, 2.05) is 0 Å². The van der Waals surface area contributed by atoms with Crippen LogP contribution in [-0.2, 0) is 12.4 Å². The van der Waals surface area contributed by atoms with E-state index in [9.17, 15) is 31.1 Å². The lowest BCUT2D eigenvalue weighted by atomic mass is 10.2. The number of hydrogen-bond donors (Lipinski definition) is 1. The molecular weight excluding hydrogens is 438 g/mol. The Bertz CT molecular complexity index is 1080. The first-order chi connectivity index (χ1) is 14.0. The maximum absolute atomic E-state index is 13.6. The van der Waals surface area contributed by atoms with Crippen LogP contribution in [0.15, 0.2) is 24.5 Å². The van der Waals surface area contributed by atoms with E-state index in [0.29, 0.717) is 23.5 Å². The van der Waals surface area contributed by atoms with Gasteiger partial charge in [0.05, 0.1) is 17.3 Å². The van der Waals surface area contributed by atoms with Crippen molar-refractivity contribution in [3.05, 3.63) is 46.4 Å². The Morgan fingerprint density at radius 3 is 2.37 bits per heavy atom. The summed E-state index contributed by atoms with van der Waals surface area (Å²) in [6.45, 7) is 0. The van der Waals surface area contributed by atoms with Gasteiger partial charge in [0.15, 0.2) is 11.5 Å². The Kier molecular flexibility index (Phi) is 4.75. The van der Waals surface area contributed by atoms with Crippen molar-refractivity contribution in [1.29, 1.82) is 0 Å². The molecule has 0 unspecified atom stereocenters. The van der Waals surface area contributed by atoms with Crippen molar-refractivity contribution in [2.75, 3.05) is 5.32 Å². The van der Waals surface area contributed by atoms with Gasteiger partial charge < -0.3 is 0 Å². The van der Waals surface area contributed by atoms with Crippen molar-refractivity contribution < 1.29 is 31.1 Å². The molecule has 0 aromatic carbocycles. The van der Waals surface area contributed by atoms with Gasteiger partial charge in [-0.05, 0) is 25.0 Å². The highest BCUT2D eigenvalue weighted by Gasteiger charge is 2.41. The van der Waals surface area contributed by atoms with Crippen LogP contribution in [0, 0.1) is 0 Å². The second-order valence-electron chi connectivity index (χ2n) is 6.39. The zero-order valence-electron chi connectivity index (χ0n) is 14.6. The van der Waals surface area contributed by atoms with Crippen LogP contribution >= 0.6 is 11.3 Å². The molecule has 1 saturated carbocycles. The van der Waals surface area contributed by atoms with E-state index < -0.39 is 40.9 Å². The lowest BCUT2D eigenvalue weighted by molar-refractivity contribution is -0.143. The zero-order valence-corrected chi connectivity index (χ0v) is 15.4. The van der Waals surface area contributed by atoms with Gasteiger partial charge >= 0.3 is 12.4 Å². The smallest absolute Gasteiger partial charge is 0.296 e. The summed E-state index contributed by atoms with van der Waals surface area (Å²) in [5.41, 5.74) is -3.43. The highest BCUT2D eigenvalue weighted by Crippen LogP contribution is 2.42. The Morgan fingerprint density at radius 1 is 1.07 bits per heavy atom. The number of aromatic nitrogens is 5. The number of pyridine rings is 1. The minimum atomic E-state index is -5.03. The second kappa shape index (κ2) is 7.04. The summed E-state index contributed by atoms with van der Waals surface area (Å²) in [6.07, 6.45) is -6.80. The SMILES string of the molecule is O=C(Nc1nnc(C2CC2)s1)c1cnn(-c2ccc(C(F)(F)F)cn2)c1C(F)(F)F. The fraction of sp³-hybridized carbons (Fsp3) is 0.312. The first-order valence-corrected chi connectivity index (χ1v) is 9.19. The summed E-state index contributed by atoms with van der Waals surface area (Å²) >= 11 is 1.07. The molecule has 14 heteroatoms. The molecule has 1 aliphatic rings.